The Kier molecular flexibility index (Phi) is 5.83. The van der Waals surface area contributed by atoms with E-state index in [1.165, 1.54) is 0 Å². The number of aliphatic hydroxyl groups is 1. The van der Waals surface area contributed by atoms with Gasteiger partial charge in [0.05, 0.1) is 31.0 Å². The number of ether oxygens (including phenoxy) is 5. The zero-order valence-electron chi connectivity index (χ0n) is 19.0. The number of fused-ring (bicyclic) bond motifs is 8. The van der Waals surface area contributed by atoms with Crippen LogP contribution in [-0.4, -0.2) is 53.7 Å². The summed E-state index contributed by atoms with van der Waals surface area (Å²) in [5, 5.41) is 11.2. The maximum Gasteiger partial charge on any atom is 0.338 e. The van der Waals surface area contributed by atoms with Crippen molar-refractivity contribution in [3.05, 3.63) is 35.4 Å². The fourth-order valence-corrected chi connectivity index (χ4v) is 5.64. The van der Waals surface area contributed by atoms with E-state index < -0.39 is 17.2 Å². The summed E-state index contributed by atoms with van der Waals surface area (Å²) < 4.78 is 30.8. The van der Waals surface area contributed by atoms with Gasteiger partial charge in [-0.25, -0.2) is 4.79 Å². The molecule has 3 fully saturated rings. The van der Waals surface area contributed by atoms with Gasteiger partial charge in [-0.15, -0.1) is 0 Å². The molecule has 0 radical (unpaired) electrons. The molecule has 5 aliphatic rings. The van der Waals surface area contributed by atoms with Gasteiger partial charge >= 0.3 is 5.97 Å². The first-order valence-corrected chi connectivity index (χ1v) is 11.9. The van der Waals surface area contributed by atoms with Crippen LogP contribution in [-0.2, 0) is 30.3 Å². The summed E-state index contributed by atoms with van der Waals surface area (Å²) in [6.07, 6.45) is 4.55. The Morgan fingerprint density at radius 2 is 1.81 bits per heavy atom. The van der Waals surface area contributed by atoms with Crippen LogP contribution >= 0.6 is 0 Å². The van der Waals surface area contributed by atoms with Crippen LogP contribution < -0.4 is 0 Å². The SMILES string of the molecule is C[C@@H]1C[C@@]23CC[C@@]4(O[C@H](CCOC(=O)c5ccc(cc5)COCC[C@H]1O2)CC[C@@]4(C)O)O3. The van der Waals surface area contributed by atoms with Gasteiger partial charge in [-0.05, 0) is 49.8 Å². The lowest BCUT2D eigenvalue weighted by atomic mass is 9.83. The third kappa shape index (κ3) is 4.10. The van der Waals surface area contributed by atoms with E-state index in [2.05, 4.69) is 6.92 Å². The Morgan fingerprint density at radius 1 is 1.00 bits per heavy atom. The number of hydrogen-bond acceptors (Lipinski definition) is 7. The predicted molar refractivity (Wildman–Crippen MR) is 115 cm³/mol. The van der Waals surface area contributed by atoms with Gasteiger partial charge in [0.2, 0.25) is 5.79 Å². The number of benzene rings is 1. The lowest BCUT2D eigenvalue weighted by Gasteiger charge is -2.49. The van der Waals surface area contributed by atoms with Crippen LogP contribution in [0.4, 0.5) is 0 Å². The molecule has 0 aliphatic carbocycles. The zero-order valence-corrected chi connectivity index (χ0v) is 19.0. The van der Waals surface area contributed by atoms with Crippen LogP contribution in [0.15, 0.2) is 24.3 Å². The molecule has 0 amide bonds. The summed E-state index contributed by atoms with van der Waals surface area (Å²) in [6, 6.07) is 7.35. The van der Waals surface area contributed by atoms with Crippen LogP contribution in [0.3, 0.4) is 0 Å². The molecular weight excluding hydrogens is 412 g/mol. The molecule has 6 atom stereocenters. The molecule has 3 saturated heterocycles. The van der Waals surface area contributed by atoms with Gasteiger partial charge in [0.15, 0.2) is 5.79 Å². The van der Waals surface area contributed by atoms with E-state index in [-0.39, 0.29) is 24.8 Å². The van der Waals surface area contributed by atoms with Crippen molar-refractivity contribution in [1.29, 1.82) is 0 Å². The predicted octanol–water partition coefficient (Wildman–Crippen LogP) is 3.71. The van der Waals surface area contributed by atoms with Crippen LogP contribution in [0, 0.1) is 5.92 Å². The fourth-order valence-electron chi connectivity index (χ4n) is 5.64. The normalized spacial score (nSPS) is 42.7. The molecule has 6 bridgehead atoms. The minimum Gasteiger partial charge on any atom is -0.462 e. The maximum absolute atomic E-state index is 12.4. The second-order valence-electron chi connectivity index (χ2n) is 10.1. The summed E-state index contributed by atoms with van der Waals surface area (Å²) in [4.78, 5) is 12.4. The summed E-state index contributed by atoms with van der Waals surface area (Å²) in [7, 11) is 0. The van der Waals surface area contributed by atoms with E-state index in [4.69, 9.17) is 23.7 Å². The minimum absolute atomic E-state index is 0.0463. The number of esters is 1. The van der Waals surface area contributed by atoms with E-state index in [9.17, 15) is 9.90 Å². The lowest BCUT2D eigenvalue weighted by Crippen LogP contribution is -2.60. The van der Waals surface area contributed by atoms with Crippen LogP contribution in [0.25, 0.3) is 0 Å². The first-order valence-electron chi connectivity index (χ1n) is 11.9. The van der Waals surface area contributed by atoms with Crippen molar-refractivity contribution in [1.82, 2.24) is 0 Å². The maximum atomic E-state index is 12.4. The quantitative estimate of drug-likeness (QED) is 0.608. The van der Waals surface area contributed by atoms with Gasteiger partial charge in [-0.3, -0.25) is 0 Å². The second-order valence-corrected chi connectivity index (χ2v) is 10.1. The molecule has 7 nitrogen and oxygen atoms in total. The van der Waals surface area contributed by atoms with Gasteiger partial charge in [0, 0.05) is 32.3 Å². The average Bonchev–Trinajstić information content (AvgIpc) is 3.27. The van der Waals surface area contributed by atoms with E-state index in [1.54, 1.807) is 19.1 Å². The molecule has 5 heterocycles. The van der Waals surface area contributed by atoms with E-state index in [1.807, 2.05) is 12.1 Å². The standard InChI is InChI=1S/C25H34O7/c1-17-15-24-11-12-25(32-24)23(2,27)10-7-20(30-25)8-14-29-22(26)19-5-3-18(4-6-19)16-28-13-9-21(17)31-24/h3-6,17,20-21,27H,7-16H2,1-2H3/t17-,20+,21-,23-,24+,25-/m1/s1. The highest BCUT2D eigenvalue weighted by Crippen LogP contribution is 2.55. The third-order valence-electron chi connectivity index (χ3n) is 7.63. The molecule has 0 aromatic heterocycles. The Morgan fingerprint density at radius 3 is 2.62 bits per heavy atom. The third-order valence-corrected chi connectivity index (χ3v) is 7.63. The number of carbonyl (C=O) groups is 1. The molecular formula is C25H34O7. The molecule has 0 unspecified atom stereocenters. The van der Waals surface area contributed by atoms with Crippen molar-refractivity contribution < 1.29 is 33.6 Å². The van der Waals surface area contributed by atoms with Crippen molar-refractivity contribution in [2.75, 3.05) is 13.2 Å². The smallest absolute Gasteiger partial charge is 0.338 e. The average molecular weight is 447 g/mol. The summed E-state index contributed by atoms with van der Waals surface area (Å²) in [5.41, 5.74) is 0.440. The molecule has 176 valence electrons. The number of rotatable bonds is 0. The Bertz CT molecular complexity index is 837. The molecule has 5 aliphatic heterocycles. The summed E-state index contributed by atoms with van der Waals surface area (Å²) in [6.45, 7) is 5.31. The molecule has 2 spiro atoms. The second kappa shape index (κ2) is 8.37. The van der Waals surface area contributed by atoms with Crippen molar-refractivity contribution in [2.24, 2.45) is 5.92 Å². The molecule has 1 N–H and O–H groups in total. The summed E-state index contributed by atoms with van der Waals surface area (Å²) in [5.74, 6) is -1.82. The Labute approximate surface area is 189 Å². The topological polar surface area (TPSA) is 83.5 Å². The highest BCUT2D eigenvalue weighted by atomic mass is 16.8. The van der Waals surface area contributed by atoms with Gasteiger partial charge in [-0.2, -0.15) is 0 Å². The molecule has 1 aromatic rings. The first kappa shape index (κ1) is 22.3. The van der Waals surface area contributed by atoms with Crippen LogP contribution in [0.5, 0.6) is 0 Å². The molecule has 7 heteroatoms. The van der Waals surface area contributed by atoms with E-state index in [0.29, 0.717) is 56.8 Å². The minimum atomic E-state index is -1.10. The molecule has 0 saturated carbocycles. The van der Waals surface area contributed by atoms with Crippen LogP contribution in [0.2, 0.25) is 0 Å². The number of hydrogen-bond donors (Lipinski definition) is 1. The fraction of sp³-hybridized carbons (Fsp3) is 0.720. The van der Waals surface area contributed by atoms with Crippen molar-refractivity contribution in [3.8, 4) is 0 Å². The first-order chi connectivity index (χ1) is 15.3. The van der Waals surface area contributed by atoms with E-state index in [0.717, 1.165) is 18.4 Å². The lowest BCUT2D eigenvalue weighted by molar-refractivity contribution is -0.388. The number of carbonyl (C=O) groups excluding carboxylic acids is 1. The van der Waals surface area contributed by atoms with Gasteiger partial charge in [-0.1, -0.05) is 19.1 Å². The summed E-state index contributed by atoms with van der Waals surface area (Å²) >= 11 is 0. The highest BCUT2D eigenvalue weighted by Gasteiger charge is 2.64. The zero-order chi connectivity index (χ0) is 22.4. The largest absolute Gasteiger partial charge is 0.462 e. The Hall–Kier alpha value is -1.51. The van der Waals surface area contributed by atoms with Gasteiger partial charge in [0.1, 0.15) is 5.60 Å². The monoisotopic (exact) mass is 446 g/mol. The van der Waals surface area contributed by atoms with Gasteiger partial charge in [0.25, 0.3) is 0 Å². The Balaban J connectivity index is 1.37. The van der Waals surface area contributed by atoms with Crippen molar-refractivity contribution >= 4 is 5.97 Å². The molecule has 1 aromatic carbocycles. The van der Waals surface area contributed by atoms with Crippen LogP contribution in [0.1, 0.15) is 74.7 Å². The van der Waals surface area contributed by atoms with E-state index >= 15 is 0 Å². The molecule has 32 heavy (non-hydrogen) atoms. The van der Waals surface area contributed by atoms with Crippen molar-refractivity contribution in [3.63, 3.8) is 0 Å². The van der Waals surface area contributed by atoms with Gasteiger partial charge < -0.3 is 28.8 Å². The molecule has 6 rings (SSSR count). The highest BCUT2D eigenvalue weighted by molar-refractivity contribution is 5.89. The van der Waals surface area contributed by atoms with Crippen molar-refractivity contribution in [2.45, 2.75) is 94.8 Å².